The Labute approximate surface area is 193 Å². The van der Waals surface area contributed by atoms with Crippen molar-refractivity contribution < 1.29 is 33.0 Å². The molecule has 0 saturated carbocycles. The van der Waals surface area contributed by atoms with Gasteiger partial charge >= 0.3 is 6.09 Å². The van der Waals surface area contributed by atoms with Crippen molar-refractivity contribution in [3.8, 4) is 11.6 Å². The summed E-state index contributed by atoms with van der Waals surface area (Å²) in [5.41, 5.74) is 0.618. The molecule has 3 heterocycles. The Balaban J connectivity index is 1.48. The van der Waals surface area contributed by atoms with E-state index in [9.17, 15) is 23.5 Å². The number of carboxylic acid groups (broad SMARTS) is 1. The first-order valence-corrected chi connectivity index (χ1v) is 10.5. The highest BCUT2D eigenvalue weighted by Gasteiger charge is 2.33. The van der Waals surface area contributed by atoms with Crippen LogP contribution in [0.4, 0.5) is 13.6 Å². The van der Waals surface area contributed by atoms with Crippen molar-refractivity contribution in [3.05, 3.63) is 59.9 Å². The highest BCUT2D eigenvalue weighted by molar-refractivity contribution is 5.95. The average Bonchev–Trinajstić information content (AvgIpc) is 2.83. The van der Waals surface area contributed by atoms with Gasteiger partial charge in [-0.2, -0.15) is 0 Å². The molecule has 2 amide bonds. The molecule has 178 valence electrons. The number of ether oxygens (including phenoxy) is 2. The smallest absolute Gasteiger partial charge is 0.407 e. The van der Waals surface area contributed by atoms with Crippen LogP contribution in [0.15, 0.2) is 48.7 Å². The van der Waals surface area contributed by atoms with Crippen molar-refractivity contribution >= 4 is 22.9 Å². The number of benzene rings is 1. The summed E-state index contributed by atoms with van der Waals surface area (Å²) in [6, 6.07) is 10.5. The van der Waals surface area contributed by atoms with Gasteiger partial charge in [0, 0.05) is 50.0 Å². The molecule has 0 unspecified atom stereocenters. The van der Waals surface area contributed by atoms with Crippen molar-refractivity contribution in [1.29, 1.82) is 0 Å². The van der Waals surface area contributed by atoms with E-state index in [4.69, 9.17) is 9.47 Å². The summed E-state index contributed by atoms with van der Waals surface area (Å²) in [4.78, 5) is 35.6. The maximum Gasteiger partial charge on any atom is 0.407 e. The molecule has 1 aliphatic heterocycles. The van der Waals surface area contributed by atoms with Gasteiger partial charge in [0.15, 0.2) is 0 Å². The summed E-state index contributed by atoms with van der Waals surface area (Å²) in [6.07, 6.45) is -2.58. The first-order chi connectivity index (χ1) is 16.4. The number of rotatable bonds is 6. The quantitative estimate of drug-likeness (QED) is 0.582. The average molecular weight is 472 g/mol. The van der Waals surface area contributed by atoms with E-state index in [0.29, 0.717) is 16.7 Å². The van der Waals surface area contributed by atoms with Crippen LogP contribution in [0.3, 0.4) is 0 Å². The third-order valence-electron chi connectivity index (χ3n) is 5.49. The van der Waals surface area contributed by atoms with Crippen LogP contribution < -0.4 is 4.74 Å². The summed E-state index contributed by atoms with van der Waals surface area (Å²) in [6.45, 7) is 0.845. The molecule has 1 aromatic carbocycles. The lowest BCUT2D eigenvalue weighted by Gasteiger charge is -2.39. The van der Waals surface area contributed by atoms with Gasteiger partial charge in [0.05, 0.1) is 18.2 Å². The largest absolute Gasteiger partial charge is 0.465 e. The minimum atomic E-state index is -2.60. The SMILES string of the molecule is COC[C@@H]1CN(C(=O)c2ccc3cc(Oc4ccc(C(F)F)cn4)ccc3n2)CCN1C(=O)O. The Kier molecular flexibility index (Phi) is 6.82. The van der Waals surface area contributed by atoms with Crippen molar-refractivity contribution in [2.24, 2.45) is 0 Å². The van der Waals surface area contributed by atoms with E-state index in [1.807, 2.05) is 0 Å². The fraction of sp³-hybridized carbons (Fsp3) is 0.304. The number of pyridine rings is 2. The lowest BCUT2D eigenvalue weighted by atomic mass is 10.1. The van der Waals surface area contributed by atoms with Crippen molar-refractivity contribution in [1.82, 2.24) is 19.8 Å². The number of methoxy groups -OCH3 is 1. The number of amides is 2. The molecule has 0 spiro atoms. The summed E-state index contributed by atoms with van der Waals surface area (Å²) < 4.78 is 36.1. The number of aromatic nitrogens is 2. The Morgan fingerprint density at radius 2 is 2.00 bits per heavy atom. The molecular weight excluding hydrogens is 450 g/mol. The van der Waals surface area contributed by atoms with Gasteiger partial charge in [-0.1, -0.05) is 6.07 Å². The van der Waals surface area contributed by atoms with Gasteiger partial charge in [-0.15, -0.1) is 0 Å². The standard InChI is InChI=1S/C23H22F2N4O5/c1-33-13-16-12-28(8-9-29(16)23(31)32)22(30)19-5-2-14-10-17(4-6-18(14)27-19)34-20-7-3-15(11-26-20)21(24)25/h2-7,10-11,16,21H,8-9,12-13H2,1H3,(H,31,32)/t16-/m0/s1. The molecule has 3 aromatic rings. The second-order valence-corrected chi connectivity index (χ2v) is 7.72. The number of piperazine rings is 1. The molecule has 1 atom stereocenters. The monoisotopic (exact) mass is 472 g/mol. The number of alkyl halides is 2. The number of carbonyl (C=O) groups is 2. The van der Waals surface area contributed by atoms with Crippen LogP contribution in [0.5, 0.6) is 11.6 Å². The minimum Gasteiger partial charge on any atom is -0.465 e. The molecule has 0 aliphatic carbocycles. The molecule has 0 bridgehead atoms. The van der Waals surface area contributed by atoms with Crippen LogP contribution in [0.25, 0.3) is 10.9 Å². The predicted molar refractivity (Wildman–Crippen MR) is 117 cm³/mol. The van der Waals surface area contributed by atoms with Crippen molar-refractivity contribution in [3.63, 3.8) is 0 Å². The zero-order valence-corrected chi connectivity index (χ0v) is 18.2. The second kappa shape index (κ2) is 9.96. The fourth-order valence-corrected chi connectivity index (χ4v) is 3.78. The number of hydrogen-bond donors (Lipinski definition) is 1. The van der Waals surface area contributed by atoms with Gasteiger partial charge in [-0.3, -0.25) is 9.69 Å². The Bertz CT molecular complexity index is 1190. The molecular formula is C23H22F2N4O5. The minimum absolute atomic E-state index is 0.176. The van der Waals surface area contributed by atoms with Crippen LogP contribution in [-0.2, 0) is 4.74 Å². The summed E-state index contributed by atoms with van der Waals surface area (Å²) >= 11 is 0. The normalized spacial score (nSPS) is 16.2. The van der Waals surface area contributed by atoms with E-state index in [1.54, 1.807) is 35.2 Å². The van der Waals surface area contributed by atoms with E-state index < -0.39 is 18.6 Å². The summed E-state index contributed by atoms with van der Waals surface area (Å²) in [5, 5.41) is 10.1. The Hall–Kier alpha value is -3.86. The molecule has 1 aliphatic rings. The molecule has 1 fully saturated rings. The van der Waals surface area contributed by atoms with Gasteiger partial charge in [-0.05, 0) is 30.3 Å². The molecule has 0 radical (unpaired) electrons. The Morgan fingerprint density at radius 1 is 1.18 bits per heavy atom. The predicted octanol–water partition coefficient (Wildman–Crippen LogP) is 3.81. The maximum atomic E-state index is 13.0. The number of halogens is 2. The van der Waals surface area contributed by atoms with Crippen LogP contribution in [0.1, 0.15) is 22.5 Å². The molecule has 2 aromatic heterocycles. The van der Waals surface area contributed by atoms with Crippen LogP contribution in [0.2, 0.25) is 0 Å². The summed E-state index contributed by atoms with van der Waals surface area (Å²) in [7, 11) is 1.48. The topological polar surface area (TPSA) is 105 Å². The number of fused-ring (bicyclic) bond motifs is 1. The number of hydrogen-bond acceptors (Lipinski definition) is 6. The third-order valence-corrected chi connectivity index (χ3v) is 5.49. The first kappa shape index (κ1) is 23.3. The number of nitrogens with zero attached hydrogens (tertiary/aromatic N) is 4. The highest BCUT2D eigenvalue weighted by Crippen LogP contribution is 2.26. The molecule has 1 saturated heterocycles. The van der Waals surface area contributed by atoms with Crippen LogP contribution in [-0.4, -0.2) is 76.3 Å². The first-order valence-electron chi connectivity index (χ1n) is 10.5. The number of carbonyl (C=O) groups excluding carboxylic acids is 1. The van der Waals surface area contributed by atoms with E-state index in [0.717, 1.165) is 6.20 Å². The van der Waals surface area contributed by atoms with Gasteiger partial charge < -0.3 is 19.5 Å². The molecule has 1 N–H and O–H groups in total. The molecule has 9 nitrogen and oxygen atoms in total. The molecule has 34 heavy (non-hydrogen) atoms. The zero-order chi connectivity index (χ0) is 24.2. The van der Waals surface area contributed by atoms with Gasteiger partial charge in [0.2, 0.25) is 5.88 Å². The van der Waals surface area contributed by atoms with Crippen molar-refractivity contribution in [2.45, 2.75) is 12.5 Å². The Morgan fingerprint density at radius 3 is 2.68 bits per heavy atom. The fourth-order valence-electron chi connectivity index (χ4n) is 3.78. The maximum absolute atomic E-state index is 13.0. The van der Waals surface area contributed by atoms with E-state index in [1.165, 1.54) is 24.1 Å². The van der Waals surface area contributed by atoms with Crippen LogP contribution >= 0.6 is 0 Å². The van der Waals surface area contributed by atoms with E-state index in [2.05, 4.69) is 9.97 Å². The highest BCUT2D eigenvalue weighted by atomic mass is 19.3. The van der Waals surface area contributed by atoms with Gasteiger partial charge in [0.1, 0.15) is 11.4 Å². The molecule has 4 rings (SSSR count). The lowest BCUT2D eigenvalue weighted by Crippen LogP contribution is -2.57. The van der Waals surface area contributed by atoms with E-state index in [-0.39, 0.29) is 49.3 Å². The van der Waals surface area contributed by atoms with Crippen molar-refractivity contribution in [2.75, 3.05) is 33.4 Å². The lowest BCUT2D eigenvalue weighted by molar-refractivity contribution is 0.0251. The van der Waals surface area contributed by atoms with Gasteiger partial charge in [-0.25, -0.2) is 23.5 Å². The van der Waals surface area contributed by atoms with Crippen LogP contribution in [0, 0.1) is 0 Å². The third kappa shape index (κ3) is 5.04. The second-order valence-electron chi connectivity index (χ2n) is 7.72. The summed E-state index contributed by atoms with van der Waals surface area (Å²) in [5.74, 6) is 0.323. The van der Waals surface area contributed by atoms with E-state index >= 15 is 0 Å². The van der Waals surface area contributed by atoms with Gasteiger partial charge in [0.25, 0.3) is 12.3 Å². The molecule has 11 heteroatoms. The zero-order valence-electron chi connectivity index (χ0n) is 18.2.